The normalized spacial score (nSPS) is 14.3. The van der Waals surface area contributed by atoms with Crippen LogP contribution in [-0.2, 0) is 17.8 Å². The molecule has 2 heterocycles. The molecule has 1 aromatic carbocycles. The second kappa shape index (κ2) is 12.8. The van der Waals surface area contributed by atoms with Gasteiger partial charge in [-0.2, -0.15) is 5.26 Å². The fourth-order valence-electron chi connectivity index (χ4n) is 4.15. The highest BCUT2D eigenvalue weighted by Crippen LogP contribution is 2.35. The van der Waals surface area contributed by atoms with Crippen molar-refractivity contribution in [2.45, 2.75) is 46.6 Å². The number of thioether (sulfide) groups is 1. The van der Waals surface area contributed by atoms with E-state index in [1.807, 2.05) is 32.0 Å². The van der Waals surface area contributed by atoms with Crippen molar-refractivity contribution in [3.05, 3.63) is 55.7 Å². The van der Waals surface area contributed by atoms with Crippen LogP contribution in [0.4, 0.5) is 5.82 Å². The first-order chi connectivity index (χ1) is 17.8. The summed E-state index contributed by atoms with van der Waals surface area (Å²) in [5.74, 6) is 1.73. The quantitative estimate of drug-likeness (QED) is 0.323. The number of carbonyl (C=O) groups excluding carboxylic acids is 1. The third-order valence-corrected chi connectivity index (χ3v) is 7.61. The number of methoxy groups -OCH3 is 2. The van der Waals surface area contributed by atoms with E-state index in [0.29, 0.717) is 63.7 Å². The van der Waals surface area contributed by atoms with Gasteiger partial charge in [-0.15, -0.1) is 0 Å². The van der Waals surface area contributed by atoms with Gasteiger partial charge >= 0.3 is 0 Å². The summed E-state index contributed by atoms with van der Waals surface area (Å²) in [6.07, 6.45) is 4.07. The fraction of sp³-hybridized carbons (Fsp3) is 0.407. The monoisotopic (exact) mass is 540 g/mol. The van der Waals surface area contributed by atoms with E-state index in [0.717, 1.165) is 18.4 Å². The average Bonchev–Trinajstić information content (AvgIpc) is 3.17. The Morgan fingerprint density at radius 3 is 2.51 bits per heavy atom. The molecule has 0 aliphatic carbocycles. The molecule has 37 heavy (non-hydrogen) atoms. The van der Waals surface area contributed by atoms with E-state index in [1.165, 1.54) is 11.8 Å². The zero-order valence-corrected chi connectivity index (χ0v) is 23.5. The van der Waals surface area contributed by atoms with Crippen LogP contribution < -0.4 is 20.3 Å². The molecular weight excluding hydrogens is 508 g/mol. The van der Waals surface area contributed by atoms with Crippen LogP contribution in [0.1, 0.15) is 48.9 Å². The minimum absolute atomic E-state index is 0.0822. The Hall–Kier alpha value is -3.29. The number of amides is 1. The first-order valence-corrected chi connectivity index (χ1v) is 13.4. The molecular formula is C27H32N4O4S2. The Kier molecular flexibility index (Phi) is 9.78. The Labute approximate surface area is 227 Å². The van der Waals surface area contributed by atoms with Gasteiger partial charge < -0.3 is 14.8 Å². The van der Waals surface area contributed by atoms with E-state index in [1.54, 1.807) is 36.7 Å². The first kappa shape index (κ1) is 28.3. The molecule has 2 aromatic rings. The number of hydrogen-bond acceptors (Lipinski definition) is 8. The molecule has 0 spiro atoms. The van der Waals surface area contributed by atoms with Crippen LogP contribution in [0.2, 0.25) is 0 Å². The maximum Gasteiger partial charge on any atom is 0.270 e. The smallest absolute Gasteiger partial charge is 0.270 e. The fourth-order valence-corrected chi connectivity index (χ4v) is 5.51. The van der Waals surface area contributed by atoms with Crippen molar-refractivity contribution in [2.24, 2.45) is 0 Å². The number of unbranched alkanes of at least 4 members (excludes halogenated alkanes) is 1. The van der Waals surface area contributed by atoms with Gasteiger partial charge in [-0.25, -0.2) is 0 Å². The first-order valence-electron chi connectivity index (χ1n) is 12.2. The summed E-state index contributed by atoms with van der Waals surface area (Å²) in [4.78, 5) is 28.2. The van der Waals surface area contributed by atoms with Gasteiger partial charge in [0.15, 0.2) is 11.5 Å². The lowest BCUT2D eigenvalue weighted by Gasteiger charge is -2.20. The molecule has 8 nitrogen and oxygen atoms in total. The van der Waals surface area contributed by atoms with Gasteiger partial charge in [-0.3, -0.25) is 19.1 Å². The summed E-state index contributed by atoms with van der Waals surface area (Å²) in [6, 6.07) is 7.82. The van der Waals surface area contributed by atoms with Gasteiger partial charge in [0.1, 0.15) is 21.8 Å². The van der Waals surface area contributed by atoms with Gasteiger partial charge in [0.25, 0.3) is 11.5 Å². The van der Waals surface area contributed by atoms with E-state index in [2.05, 4.69) is 11.4 Å². The maximum absolute atomic E-state index is 13.3. The van der Waals surface area contributed by atoms with E-state index < -0.39 is 0 Å². The van der Waals surface area contributed by atoms with Gasteiger partial charge in [0.05, 0.1) is 19.1 Å². The molecule has 0 saturated carbocycles. The van der Waals surface area contributed by atoms with Crippen molar-refractivity contribution in [1.29, 1.82) is 5.26 Å². The number of nitrogens with zero attached hydrogens (tertiary/aromatic N) is 3. The van der Waals surface area contributed by atoms with Crippen molar-refractivity contribution < 1.29 is 14.3 Å². The molecule has 0 radical (unpaired) electrons. The Bertz CT molecular complexity index is 1330. The molecule has 0 unspecified atom stereocenters. The molecule has 0 bridgehead atoms. The minimum atomic E-state index is -0.333. The van der Waals surface area contributed by atoms with E-state index in [-0.39, 0.29) is 17.0 Å². The number of ether oxygens (including phenoxy) is 2. The second-order valence-electron chi connectivity index (χ2n) is 8.48. The maximum atomic E-state index is 13.3. The summed E-state index contributed by atoms with van der Waals surface area (Å²) in [7, 11) is 3.19. The van der Waals surface area contributed by atoms with Gasteiger partial charge in [0.2, 0.25) is 0 Å². The summed E-state index contributed by atoms with van der Waals surface area (Å²) in [5, 5.41) is 13.2. The number of thiocarbonyl (C=S) groups is 1. The van der Waals surface area contributed by atoms with Crippen LogP contribution >= 0.6 is 24.0 Å². The number of carbonyl (C=O) groups is 1. The van der Waals surface area contributed by atoms with Crippen LogP contribution in [0, 0.1) is 18.3 Å². The lowest BCUT2D eigenvalue weighted by atomic mass is 10.0. The zero-order valence-electron chi connectivity index (χ0n) is 21.8. The molecule has 1 aromatic heterocycles. The van der Waals surface area contributed by atoms with Gasteiger partial charge in [-0.05, 0) is 56.0 Å². The molecule has 0 atom stereocenters. The average molecular weight is 541 g/mol. The van der Waals surface area contributed by atoms with Crippen molar-refractivity contribution >= 4 is 46.1 Å². The second-order valence-corrected chi connectivity index (χ2v) is 10.2. The van der Waals surface area contributed by atoms with Crippen LogP contribution in [0.3, 0.4) is 0 Å². The summed E-state index contributed by atoms with van der Waals surface area (Å²) in [6.45, 7) is 7.13. The SMILES string of the molecule is CCCCn1c(NCCc2ccc(OC)c(OC)c2)c(/C=C2/SC(=S)N(CC)C2=O)c(C)c(C#N)c1=O. The lowest BCUT2D eigenvalue weighted by Crippen LogP contribution is -2.29. The Morgan fingerprint density at radius 2 is 1.92 bits per heavy atom. The van der Waals surface area contributed by atoms with Crippen molar-refractivity contribution in [2.75, 3.05) is 32.6 Å². The largest absolute Gasteiger partial charge is 0.493 e. The predicted octanol–water partition coefficient (Wildman–Crippen LogP) is 4.72. The predicted molar refractivity (Wildman–Crippen MR) is 152 cm³/mol. The molecule has 10 heteroatoms. The Balaban J connectivity index is 2.05. The van der Waals surface area contributed by atoms with Crippen molar-refractivity contribution in [1.82, 2.24) is 9.47 Å². The van der Waals surface area contributed by atoms with Crippen LogP contribution in [0.25, 0.3) is 6.08 Å². The third kappa shape index (κ3) is 6.00. The highest BCUT2D eigenvalue weighted by molar-refractivity contribution is 8.26. The third-order valence-electron chi connectivity index (χ3n) is 6.23. The number of likely N-dealkylation sites (N-methyl/N-ethyl adjacent to an activating group) is 1. The Morgan fingerprint density at radius 1 is 1.19 bits per heavy atom. The molecule has 1 aliphatic heterocycles. The molecule has 1 N–H and O–H groups in total. The number of hydrogen-bond donors (Lipinski definition) is 1. The molecule has 1 saturated heterocycles. The number of aromatic nitrogens is 1. The van der Waals surface area contributed by atoms with Crippen molar-refractivity contribution in [3.8, 4) is 17.6 Å². The number of nitriles is 1. The molecule has 196 valence electrons. The number of nitrogens with one attached hydrogen (secondary N) is 1. The lowest BCUT2D eigenvalue weighted by molar-refractivity contribution is -0.121. The van der Waals surface area contributed by atoms with E-state index in [9.17, 15) is 14.9 Å². The summed E-state index contributed by atoms with van der Waals surface area (Å²) >= 11 is 6.61. The van der Waals surface area contributed by atoms with Crippen LogP contribution in [0.5, 0.6) is 11.5 Å². The van der Waals surface area contributed by atoms with Crippen molar-refractivity contribution in [3.63, 3.8) is 0 Å². The topological polar surface area (TPSA) is 96.6 Å². The van der Waals surface area contributed by atoms with Crippen LogP contribution in [-0.4, -0.2) is 47.0 Å². The number of pyridine rings is 1. The zero-order chi connectivity index (χ0) is 27.1. The number of anilines is 1. The number of benzene rings is 1. The summed E-state index contributed by atoms with van der Waals surface area (Å²) in [5.41, 5.74) is 1.97. The van der Waals surface area contributed by atoms with Gasteiger partial charge in [-0.1, -0.05) is 43.4 Å². The van der Waals surface area contributed by atoms with E-state index in [4.69, 9.17) is 21.7 Å². The molecule has 3 rings (SSSR count). The minimum Gasteiger partial charge on any atom is -0.493 e. The highest BCUT2D eigenvalue weighted by Gasteiger charge is 2.31. The van der Waals surface area contributed by atoms with Crippen LogP contribution in [0.15, 0.2) is 27.9 Å². The standard InChI is InChI=1S/C27H32N4O4S2/c1-6-8-13-31-24(29-12-11-18-9-10-21(34-4)22(14-18)35-5)19(17(3)20(16-28)25(31)32)15-23-26(33)30(7-2)27(36)37-23/h9-10,14-15,29H,6-8,11-13H2,1-5H3/b23-15+. The number of rotatable bonds is 11. The highest BCUT2D eigenvalue weighted by atomic mass is 32.2. The molecule has 1 fully saturated rings. The van der Waals surface area contributed by atoms with E-state index >= 15 is 0 Å². The molecule has 1 amide bonds. The summed E-state index contributed by atoms with van der Waals surface area (Å²) < 4.78 is 12.9. The molecule has 1 aliphatic rings. The van der Waals surface area contributed by atoms with Gasteiger partial charge in [0, 0.05) is 25.2 Å².